The predicted octanol–water partition coefficient (Wildman–Crippen LogP) is 2.82. The van der Waals surface area contributed by atoms with Crippen LogP contribution < -0.4 is 5.73 Å². The Bertz CT molecular complexity index is 416. The molecule has 1 aliphatic rings. The average Bonchev–Trinajstić information content (AvgIpc) is 2.71. The van der Waals surface area contributed by atoms with Crippen LogP contribution in [0.1, 0.15) is 18.0 Å². The number of hydrogen-bond acceptors (Lipinski definition) is 3. The molecule has 1 saturated heterocycles. The minimum Gasteiger partial charge on any atom is -0.383 e. The topological polar surface area (TPSA) is 38.5 Å². The van der Waals surface area contributed by atoms with E-state index in [1.165, 1.54) is 0 Å². The number of nitrogens with zero attached hydrogens (tertiary/aromatic N) is 1. The SMILES string of the molecule is COCCN1CCC(N)C1c1cc(Br)ccc1Cl. The maximum atomic E-state index is 6.31. The fourth-order valence-corrected chi connectivity index (χ4v) is 3.12. The lowest BCUT2D eigenvalue weighted by Gasteiger charge is -2.27. The van der Waals surface area contributed by atoms with Crippen LogP contribution in [-0.4, -0.2) is 37.7 Å². The van der Waals surface area contributed by atoms with Crippen LogP contribution in [0.2, 0.25) is 5.02 Å². The highest BCUT2D eigenvalue weighted by Crippen LogP contribution is 2.36. The average molecular weight is 334 g/mol. The zero-order valence-electron chi connectivity index (χ0n) is 10.4. The summed E-state index contributed by atoms with van der Waals surface area (Å²) in [5.74, 6) is 0. The van der Waals surface area contributed by atoms with Crippen LogP contribution in [-0.2, 0) is 4.74 Å². The number of nitrogens with two attached hydrogens (primary N) is 1. The lowest BCUT2D eigenvalue weighted by atomic mass is 10.0. The van der Waals surface area contributed by atoms with E-state index >= 15 is 0 Å². The Balaban J connectivity index is 2.24. The number of benzene rings is 1. The summed E-state index contributed by atoms with van der Waals surface area (Å²) < 4.78 is 6.19. The molecule has 2 N–H and O–H groups in total. The first-order valence-electron chi connectivity index (χ1n) is 6.07. The molecule has 3 nitrogen and oxygen atoms in total. The van der Waals surface area contributed by atoms with Crippen LogP contribution in [0, 0.1) is 0 Å². The summed E-state index contributed by atoms with van der Waals surface area (Å²) in [4.78, 5) is 2.35. The summed E-state index contributed by atoms with van der Waals surface area (Å²) >= 11 is 9.80. The van der Waals surface area contributed by atoms with Gasteiger partial charge in [0.1, 0.15) is 0 Å². The number of hydrogen-bond donors (Lipinski definition) is 1. The molecule has 0 bridgehead atoms. The van der Waals surface area contributed by atoms with E-state index in [0.29, 0.717) is 0 Å². The Kier molecular flexibility index (Phi) is 5.04. The molecule has 1 aromatic carbocycles. The van der Waals surface area contributed by atoms with Crippen LogP contribution in [0.15, 0.2) is 22.7 Å². The Morgan fingerprint density at radius 1 is 1.56 bits per heavy atom. The van der Waals surface area contributed by atoms with Crippen molar-refractivity contribution < 1.29 is 4.74 Å². The van der Waals surface area contributed by atoms with Gasteiger partial charge in [0, 0.05) is 35.7 Å². The van der Waals surface area contributed by atoms with Gasteiger partial charge >= 0.3 is 0 Å². The summed E-state index contributed by atoms with van der Waals surface area (Å²) in [6, 6.07) is 6.25. The fourth-order valence-electron chi connectivity index (χ4n) is 2.51. The number of rotatable bonds is 4. The van der Waals surface area contributed by atoms with E-state index in [9.17, 15) is 0 Å². The smallest absolute Gasteiger partial charge is 0.0589 e. The highest BCUT2D eigenvalue weighted by molar-refractivity contribution is 9.10. The molecule has 100 valence electrons. The number of methoxy groups -OCH3 is 1. The van der Waals surface area contributed by atoms with E-state index in [2.05, 4.69) is 26.9 Å². The third-order valence-electron chi connectivity index (χ3n) is 3.41. The van der Waals surface area contributed by atoms with Crippen LogP contribution >= 0.6 is 27.5 Å². The maximum Gasteiger partial charge on any atom is 0.0589 e. The summed E-state index contributed by atoms with van der Waals surface area (Å²) in [6.07, 6.45) is 0.997. The molecule has 0 aromatic heterocycles. The van der Waals surface area contributed by atoms with E-state index in [-0.39, 0.29) is 12.1 Å². The van der Waals surface area contributed by atoms with E-state index in [0.717, 1.165) is 41.2 Å². The lowest BCUT2D eigenvalue weighted by Crippen LogP contribution is -2.33. The Hall–Kier alpha value is -0.130. The Labute approximate surface area is 121 Å². The van der Waals surface area contributed by atoms with Gasteiger partial charge in [-0.3, -0.25) is 4.90 Å². The molecule has 1 heterocycles. The van der Waals surface area contributed by atoms with Crippen molar-refractivity contribution >= 4 is 27.5 Å². The molecule has 5 heteroatoms. The van der Waals surface area contributed by atoms with Gasteiger partial charge in [0.15, 0.2) is 0 Å². The van der Waals surface area contributed by atoms with Gasteiger partial charge in [-0.05, 0) is 30.2 Å². The van der Waals surface area contributed by atoms with Crippen LogP contribution in [0.4, 0.5) is 0 Å². The molecule has 0 aliphatic carbocycles. The van der Waals surface area contributed by atoms with Gasteiger partial charge < -0.3 is 10.5 Å². The second kappa shape index (κ2) is 6.35. The first kappa shape index (κ1) is 14.3. The van der Waals surface area contributed by atoms with Gasteiger partial charge in [-0.25, -0.2) is 0 Å². The molecule has 18 heavy (non-hydrogen) atoms. The van der Waals surface area contributed by atoms with Crippen LogP contribution in [0.3, 0.4) is 0 Å². The molecule has 0 spiro atoms. The summed E-state index contributed by atoms with van der Waals surface area (Å²) in [6.45, 7) is 2.60. The highest BCUT2D eigenvalue weighted by atomic mass is 79.9. The van der Waals surface area contributed by atoms with Crippen LogP contribution in [0.25, 0.3) is 0 Å². The molecule has 2 atom stereocenters. The largest absolute Gasteiger partial charge is 0.383 e. The van der Waals surface area contributed by atoms with Crippen molar-refractivity contribution in [2.45, 2.75) is 18.5 Å². The molecule has 1 aromatic rings. The summed E-state index contributed by atoms with van der Waals surface area (Å²) in [5, 5.41) is 0.781. The normalized spacial score (nSPS) is 24.7. The molecule has 0 amide bonds. The van der Waals surface area contributed by atoms with Crippen molar-refractivity contribution in [3.63, 3.8) is 0 Å². The van der Waals surface area contributed by atoms with E-state index in [4.69, 9.17) is 22.1 Å². The van der Waals surface area contributed by atoms with Crippen LogP contribution in [0.5, 0.6) is 0 Å². The zero-order valence-corrected chi connectivity index (χ0v) is 12.7. The molecule has 2 rings (SSSR count). The quantitative estimate of drug-likeness (QED) is 0.921. The standard InChI is InChI=1S/C13H18BrClN2O/c1-18-7-6-17-5-4-12(16)13(17)10-8-9(14)2-3-11(10)15/h2-3,8,12-13H,4-7,16H2,1H3. The minimum absolute atomic E-state index is 0.133. The number of ether oxygens (including phenoxy) is 1. The first-order chi connectivity index (χ1) is 8.63. The molecular weight excluding hydrogens is 316 g/mol. The fraction of sp³-hybridized carbons (Fsp3) is 0.538. The summed E-state index contributed by atoms with van der Waals surface area (Å²) in [7, 11) is 1.72. The molecule has 1 aliphatic heterocycles. The third-order valence-corrected chi connectivity index (χ3v) is 4.25. The lowest BCUT2D eigenvalue weighted by molar-refractivity contribution is 0.139. The number of halogens is 2. The van der Waals surface area contributed by atoms with E-state index in [1.54, 1.807) is 7.11 Å². The second-order valence-electron chi connectivity index (χ2n) is 4.59. The second-order valence-corrected chi connectivity index (χ2v) is 5.91. The molecule has 0 radical (unpaired) electrons. The van der Waals surface area contributed by atoms with Gasteiger partial charge in [-0.2, -0.15) is 0 Å². The predicted molar refractivity (Wildman–Crippen MR) is 77.9 cm³/mol. The van der Waals surface area contributed by atoms with Crippen molar-refractivity contribution in [3.05, 3.63) is 33.3 Å². The van der Waals surface area contributed by atoms with Crippen molar-refractivity contribution in [3.8, 4) is 0 Å². The van der Waals surface area contributed by atoms with E-state index < -0.39 is 0 Å². The molecular formula is C13H18BrClN2O. The molecule has 2 unspecified atom stereocenters. The summed E-state index contributed by atoms with van der Waals surface area (Å²) in [5.41, 5.74) is 7.34. The van der Waals surface area contributed by atoms with Crippen molar-refractivity contribution in [1.82, 2.24) is 4.90 Å². The number of likely N-dealkylation sites (tertiary alicyclic amines) is 1. The maximum absolute atomic E-state index is 6.31. The van der Waals surface area contributed by atoms with Gasteiger partial charge in [-0.1, -0.05) is 27.5 Å². The van der Waals surface area contributed by atoms with Crippen molar-refractivity contribution in [2.75, 3.05) is 26.8 Å². The first-order valence-corrected chi connectivity index (χ1v) is 7.24. The zero-order chi connectivity index (χ0) is 13.1. The van der Waals surface area contributed by atoms with Crippen molar-refractivity contribution in [1.29, 1.82) is 0 Å². The third kappa shape index (κ3) is 3.06. The highest BCUT2D eigenvalue weighted by Gasteiger charge is 2.33. The van der Waals surface area contributed by atoms with E-state index in [1.807, 2.05) is 12.1 Å². The Morgan fingerprint density at radius 2 is 2.33 bits per heavy atom. The Morgan fingerprint density at radius 3 is 3.06 bits per heavy atom. The molecule has 1 fully saturated rings. The monoisotopic (exact) mass is 332 g/mol. The molecule has 0 saturated carbocycles. The van der Waals surface area contributed by atoms with Crippen molar-refractivity contribution in [2.24, 2.45) is 5.73 Å². The van der Waals surface area contributed by atoms with Gasteiger partial charge in [0.25, 0.3) is 0 Å². The minimum atomic E-state index is 0.133. The van der Waals surface area contributed by atoms with Gasteiger partial charge in [0.05, 0.1) is 12.6 Å². The van der Waals surface area contributed by atoms with Gasteiger partial charge in [0.2, 0.25) is 0 Å². The van der Waals surface area contributed by atoms with Gasteiger partial charge in [-0.15, -0.1) is 0 Å².